The van der Waals surface area contributed by atoms with Crippen LogP contribution in [0.1, 0.15) is 59.5 Å². The number of benzene rings is 2. The van der Waals surface area contributed by atoms with Crippen molar-refractivity contribution >= 4 is 46.1 Å². The van der Waals surface area contributed by atoms with Crippen LogP contribution in [0.2, 0.25) is 0 Å². The van der Waals surface area contributed by atoms with E-state index in [4.69, 9.17) is 14.2 Å². The maximum absolute atomic E-state index is 11.9. The lowest BCUT2D eigenvalue weighted by Gasteiger charge is -2.31. The van der Waals surface area contributed by atoms with E-state index in [1.165, 1.54) is 14.2 Å². The zero-order valence-corrected chi connectivity index (χ0v) is 22.6. The van der Waals surface area contributed by atoms with E-state index in [9.17, 15) is 19.2 Å². The molecule has 0 spiro atoms. The summed E-state index contributed by atoms with van der Waals surface area (Å²) in [6.07, 6.45) is 0.566. The first kappa shape index (κ1) is 26.7. The SMILES string of the molecule is COC(=O)c1cc2c(cc1I)OC(C)(C)C(=O)C2.COC(=O)c1ccc2c(c1)CC(=O)C(C)(C)O2. The molecule has 0 N–H and O–H groups in total. The summed E-state index contributed by atoms with van der Waals surface area (Å²) in [7, 11) is 2.66. The Morgan fingerprint density at radius 3 is 1.86 bits per heavy atom. The summed E-state index contributed by atoms with van der Waals surface area (Å²) in [6, 6.07) is 8.44. The average molecular weight is 594 g/mol. The van der Waals surface area contributed by atoms with Gasteiger partial charge in [0.2, 0.25) is 0 Å². The smallest absolute Gasteiger partial charge is 0.338 e. The van der Waals surface area contributed by atoms with Crippen molar-refractivity contribution in [2.45, 2.75) is 51.7 Å². The van der Waals surface area contributed by atoms with E-state index in [2.05, 4.69) is 27.3 Å². The molecule has 0 atom stereocenters. The third-order valence-electron chi connectivity index (χ3n) is 5.81. The first-order chi connectivity index (χ1) is 16.3. The number of ether oxygens (including phenoxy) is 4. The van der Waals surface area contributed by atoms with E-state index < -0.39 is 23.1 Å². The highest BCUT2D eigenvalue weighted by molar-refractivity contribution is 14.1. The van der Waals surface area contributed by atoms with Crippen LogP contribution in [0, 0.1) is 3.57 Å². The van der Waals surface area contributed by atoms with Crippen LogP contribution in [0.5, 0.6) is 11.5 Å². The highest BCUT2D eigenvalue weighted by Crippen LogP contribution is 2.34. The normalized spacial score (nSPS) is 16.9. The van der Waals surface area contributed by atoms with Gasteiger partial charge in [-0.3, -0.25) is 9.59 Å². The monoisotopic (exact) mass is 594 g/mol. The van der Waals surface area contributed by atoms with E-state index in [1.807, 2.05) is 0 Å². The van der Waals surface area contributed by atoms with Gasteiger partial charge in [0.25, 0.3) is 0 Å². The fourth-order valence-electron chi connectivity index (χ4n) is 3.60. The van der Waals surface area contributed by atoms with Crippen LogP contribution in [0.25, 0.3) is 0 Å². The van der Waals surface area contributed by atoms with Crippen molar-refractivity contribution in [1.29, 1.82) is 0 Å². The number of Topliss-reactive ketones (excluding diaryl/α,β-unsaturated/α-hetero) is 2. The molecule has 0 unspecified atom stereocenters. The molecule has 0 amide bonds. The van der Waals surface area contributed by atoms with Gasteiger partial charge in [-0.05, 0) is 80.6 Å². The van der Waals surface area contributed by atoms with Gasteiger partial charge in [-0.15, -0.1) is 0 Å². The van der Waals surface area contributed by atoms with Crippen molar-refractivity contribution in [2.75, 3.05) is 14.2 Å². The van der Waals surface area contributed by atoms with Gasteiger partial charge in [-0.1, -0.05) is 0 Å². The fourth-order valence-corrected chi connectivity index (χ4v) is 4.26. The Morgan fingerprint density at radius 2 is 1.31 bits per heavy atom. The zero-order valence-electron chi connectivity index (χ0n) is 20.4. The standard InChI is InChI=1S/C13H13IO4.C13H14O4/c1-13(2)11(15)5-7-4-8(12(16)17-3)9(14)6-10(7)18-13;1-13(2)11(14)7-9-6-8(12(15)16-3)4-5-10(9)17-13/h4,6H,5H2,1-3H3;4-6H,7H2,1-3H3. The molecule has 0 radical (unpaired) electrons. The van der Waals surface area contributed by atoms with Crippen LogP contribution in [-0.4, -0.2) is 48.9 Å². The topological polar surface area (TPSA) is 105 Å². The molecule has 0 fully saturated rings. The van der Waals surface area contributed by atoms with Crippen molar-refractivity contribution in [3.63, 3.8) is 0 Å². The van der Waals surface area contributed by atoms with E-state index in [0.717, 1.165) is 14.7 Å². The zero-order chi connectivity index (χ0) is 26.1. The maximum atomic E-state index is 11.9. The number of carbonyl (C=O) groups excluding carboxylic acids is 4. The summed E-state index contributed by atoms with van der Waals surface area (Å²) < 4.78 is 21.4. The second kappa shape index (κ2) is 9.96. The molecule has 35 heavy (non-hydrogen) atoms. The van der Waals surface area contributed by atoms with Gasteiger partial charge in [-0.25, -0.2) is 9.59 Å². The molecule has 2 aliphatic rings. The molecule has 0 bridgehead atoms. The van der Waals surface area contributed by atoms with Crippen molar-refractivity contribution in [2.24, 2.45) is 0 Å². The number of hydrogen-bond acceptors (Lipinski definition) is 8. The van der Waals surface area contributed by atoms with Crippen LogP contribution in [-0.2, 0) is 31.9 Å². The minimum Gasteiger partial charge on any atom is -0.480 e. The lowest BCUT2D eigenvalue weighted by molar-refractivity contribution is -0.133. The number of halogens is 1. The van der Waals surface area contributed by atoms with Crippen LogP contribution in [0.15, 0.2) is 30.3 Å². The van der Waals surface area contributed by atoms with Gasteiger partial charge < -0.3 is 18.9 Å². The summed E-state index contributed by atoms with van der Waals surface area (Å²) in [5.74, 6) is 0.516. The summed E-state index contributed by atoms with van der Waals surface area (Å²) in [5.41, 5.74) is 0.774. The Balaban J connectivity index is 0.000000196. The van der Waals surface area contributed by atoms with E-state index >= 15 is 0 Å². The predicted octanol–water partition coefficient (Wildman–Crippen LogP) is 4.12. The Bertz CT molecular complexity index is 1210. The quantitative estimate of drug-likeness (QED) is 0.378. The van der Waals surface area contributed by atoms with Gasteiger partial charge in [0.1, 0.15) is 11.5 Å². The maximum Gasteiger partial charge on any atom is 0.338 e. The molecule has 4 rings (SSSR count). The van der Waals surface area contributed by atoms with E-state index in [0.29, 0.717) is 22.6 Å². The highest BCUT2D eigenvalue weighted by Gasteiger charge is 2.36. The summed E-state index contributed by atoms with van der Waals surface area (Å²) in [4.78, 5) is 46.6. The lowest BCUT2D eigenvalue weighted by atomic mass is 9.92. The Labute approximate surface area is 217 Å². The molecule has 9 heteroatoms. The Kier molecular flexibility index (Phi) is 7.59. The van der Waals surface area contributed by atoms with Crippen molar-refractivity contribution in [3.05, 3.63) is 56.2 Å². The second-order valence-corrected chi connectivity index (χ2v) is 10.3. The third kappa shape index (κ3) is 5.66. The highest BCUT2D eigenvalue weighted by atomic mass is 127. The first-order valence-electron chi connectivity index (χ1n) is 10.9. The number of ketones is 2. The van der Waals surface area contributed by atoms with E-state index in [-0.39, 0.29) is 24.4 Å². The number of esters is 2. The molecule has 0 aromatic heterocycles. The van der Waals surface area contributed by atoms with Crippen LogP contribution < -0.4 is 9.47 Å². The number of hydrogen-bond donors (Lipinski definition) is 0. The van der Waals surface area contributed by atoms with Crippen LogP contribution in [0.3, 0.4) is 0 Å². The largest absolute Gasteiger partial charge is 0.480 e. The number of rotatable bonds is 2. The van der Waals surface area contributed by atoms with Crippen molar-refractivity contribution in [1.82, 2.24) is 0 Å². The van der Waals surface area contributed by atoms with E-state index in [1.54, 1.807) is 58.0 Å². The van der Waals surface area contributed by atoms with Gasteiger partial charge in [0, 0.05) is 27.5 Å². The molecule has 0 saturated carbocycles. The molecule has 2 aromatic carbocycles. The summed E-state index contributed by atoms with van der Waals surface area (Å²) >= 11 is 2.06. The van der Waals surface area contributed by atoms with Crippen molar-refractivity contribution in [3.8, 4) is 11.5 Å². The molecule has 0 aliphatic carbocycles. The van der Waals surface area contributed by atoms with Gasteiger partial charge in [0.05, 0.1) is 25.3 Å². The molecule has 186 valence electrons. The molecule has 2 aliphatic heterocycles. The number of methoxy groups -OCH3 is 2. The van der Waals surface area contributed by atoms with Crippen LogP contribution in [0.4, 0.5) is 0 Å². The number of fused-ring (bicyclic) bond motifs is 2. The molecule has 8 nitrogen and oxygen atoms in total. The number of carbonyl (C=O) groups is 4. The fraction of sp³-hybridized carbons (Fsp3) is 0.385. The van der Waals surface area contributed by atoms with Gasteiger partial charge >= 0.3 is 11.9 Å². The van der Waals surface area contributed by atoms with Crippen molar-refractivity contribution < 1.29 is 38.1 Å². The Morgan fingerprint density at radius 1 is 0.800 bits per heavy atom. The molecular formula is C26H27IO8. The van der Waals surface area contributed by atoms with Gasteiger partial charge in [0.15, 0.2) is 22.8 Å². The molecule has 0 saturated heterocycles. The average Bonchev–Trinajstić information content (AvgIpc) is 2.79. The second-order valence-electron chi connectivity index (χ2n) is 9.17. The predicted molar refractivity (Wildman–Crippen MR) is 135 cm³/mol. The third-order valence-corrected chi connectivity index (χ3v) is 6.70. The first-order valence-corrected chi connectivity index (χ1v) is 11.9. The summed E-state index contributed by atoms with van der Waals surface area (Å²) in [5, 5.41) is 0. The Hall–Kier alpha value is -2.95. The minimum atomic E-state index is -0.803. The summed E-state index contributed by atoms with van der Waals surface area (Å²) in [6.45, 7) is 6.98. The molecular weight excluding hydrogens is 567 g/mol. The lowest BCUT2D eigenvalue weighted by Crippen LogP contribution is -2.42. The molecule has 2 aromatic rings. The minimum absolute atomic E-state index is 0.00650. The van der Waals surface area contributed by atoms with Crippen LogP contribution >= 0.6 is 22.6 Å². The van der Waals surface area contributed by atoms with Gasteiger partial charge in [-0.2, -0.15) is 0 Å². The molecule has 2 heterocycles.